The number of nitrogens with zero attached hydrogens (tertiary/aromatic N) is 1. The van der Waals surface area contributed by atoms with Crippen molar-refractivity contribution in [2.45, 2.75) is 18.9 Å². The zero-order chi connectivity index (χ0) is 13.1. The van der Waals surface area contributed by atoms with Gasteiger partial charge in [-0.05, 0) is 31.0 Å². The molecule has 1 aliphatic rings. The highest BCUT2D eigenvalue weighted by atomic mass is 16.5. The van der Waals surface area contributed by atoms with Crippen LogP contribution in [-0.4, -0.2) is 32.2 Å². The van der Waals surface area contributed by atoms with Gasteiger partial charge in [0.2, 0.25) is 0 Å². The first-order chi connectivity index (χ1) is 8.61. The molecule has 0 bridgehead atoms. The highest BCUT2D eigenvalue weighted by Gasteiger charge is 2.22. The lowest BCUT2D eigenvalue weighted by atomic mass is 10.0. The lowest BCUT2D eigenvalue weighted by molar-refractivity contribution is 0.0818. The maximum Gasteiger partial charge on any atom is 0.250 e. The summed E-state index contributed by atoms with van der Waals surface area (Å²) in [6.07, 6.45) is 2.20. The van der Waals surface area contributed by atoms with E-state index < -0.39 is 5.91 Å². The Labute approximate surface area is 107 Å². The number of ether oxygens (including phenoxy) is 1. The van der Waals surface area contributed by atoms with E-state index in [-0.39, 0.29) is 0 Å². The van der Waals surface area contributed by atoms with Crippen LogP contribution in [0.2, 0.25) is 0 Å². The van der Waals surface area contributed by atoms with Gasteiger partial charge in [-0.2, -0.15) is 0 Å². The van der Waals surface area contributed by atoms with E-state index in [1.807, 2.05) is 6.07 Å². The lowest BCUT2D eigenvalue weighted by Gasteiger charge is -2.33. The van der Waals surface area contributed by atoms with E-state index in [9.17, 15) is 4.79 Å². The Balaban J connectivity index is 2.22. The minimum Gasteiger partial charge on any atom is -0.399 e. The fraction of sp³-hybridized carbons (Fsp3) is 0.462. The van der Waals surface area contributed by atoms with Gasteiger partial charge in [0.15, 0.2) is 0 Å². The van der Waals surface area contributed by atoms with Crippen molar-refractivity contribution < 1.29 is 9.53 Å². The minimum absolute atomic E-state index is 0.305. The summed E-state index contributed by atoms with van der Waals surface area (Å²) in [6, 6.07) is 5.20. The highest BCUT2D eigenvalue weighted by molar-refractivity contribution is 5.99. The predicted octanol–water partition coefficient (Wildman–Crippen LogP) is 0.983. The average Bonchev–Trinajstić information content (AvgIpc) is 2.38. The molecule has 0 unspecified atom stereocenters. The van der Waals surface area contributed by atoms with Gasteiger partial charge in [0.05, 0.1) is 17.4 Å². The van der Waals surface area contributed by atoms with Gasteiger partial charge in [-0.1, -0.05) is 0 Å². The SMILES string of the molecule is COC1CCN(c2cc(N)ccc2C(N)=O)CC1. The van der Waals surface area contributed by atoms with Crippen molar-refractivity contribution in [1.82, 2.24) is 0 Å². The Bertz CT molecular complexity index is 440. The number of piperidine rings is 1. The molecular weight excluding hydrogens is 230 g/mol. The molecule has 1 amide bonds. The molecule has 0 saturated carbocycles. The molecule has 0 spiro atoms. The summed E-state index contributed by atoms with van der Waals surface area (Å²) in [5.74, 6) is -0.418. The topological polar surface area (TPSA) is 81.6 Å². The van der Waals surface area contributed by atoms with Crippen molar-refractivity contribution in [2.24, 2.45) is 5.73 Å². The first-order valence-electron chi connectivity index (χ1n) is 6.09. The summed E-state index contributed by atoms with van der Waals surface area (Å²) in [4.78, 5) is 13.6. The molecule has 1 aliphatic heterocycles. The molecule has 0 aliphatic carbocycles. The molecule has 5 nitrogen and oxygen atoms in total. The second-order valence-electron chi connectivity index (χ2n) is 4.56. The number of carbonyl (C=O) groups is 1. The molecule has 1 aromatic carbocycles. The summed E-state index contributed by atoms with van der Waals surface area (Å²) in [6.45, 7) is 1.70. The van der Waals surface area contributed by atoms with Gasteiger partial charge < -0.3 is 21.1 Å². The monoisotopic (exact) mass is 249 g/mol. The lowest BCUT2D eigenvalue weighted by Crippen LogP contribution is -2.37. The van der Waals surface area contributed by atoms with Gasteiger partial charge in [-0.25, -0.2) is 0 Å². The van der Waals surface area contributed by atoms with Crippen LogP contribution in [0, 0.1) is 0 Å². The second kappa shape index (κ2) is 5.27. The zero-order valence-corrected chi connectivity index (χ0v) is 10.6. The number of carbonyl (C=O) groups excluding carboxylic acids is 1. The molecule has 18 heavy (non-hydrogen) atoms. The van der Waals surface area contributed by atoms with Crippen LogP contribution in [0.4, 0.5) is 11.4 Å². The van der Waals surface area contributed by atoms with Gasteiger partial charge >= 0.3 is 0 Å². The molecule has 0 atom stereocenters. The number of hydrogen-bond acceptors (Lipinski definition) is 4. The van der Waals surface area contributed by atoms with E-state index in [1.54, 1.807) is 19.2 Å². The number of primary amides is 1. The number of nitrogen functional groups attached to an aromatic ring is 1. The van der Waals surface area contributed by atoms with Crippen molar-refractivity contribution >= 4 is 17.3 Å². The van der Waals surface area contributed by atoms with Crippen LogP contribution in [0.15, 0.2) is 18.2 Å². The molecule has 0 radical (unpaired) electrons. The van der Waals surface area contributed by atoms with E-state index in [2.05, 4.69) is 4.90 Å². The standard InChI is InChI=1S/C13H19N3O2/c1-18-10-4-6-16(7-5-10)12-8-9(14)2-3-11(12)13(15)17/h2-3,8,10H,4-7,14H2,1H3,(H2,15,17). The number of nitrogens with two attached hydrogens (primary N) is 2. The Hall–Kier alpha value is -1.75. The van der Waals surface area contributed by atoms with Crippen LogP contribution in [0.25, 0.3) is 0 Å². The maximum absolute atomic E-state index is 11.4. The van der Waals surface area contributed by atoms with E-state index >= 15 is 0 Å². The van der Waals surface area contributed by atoms with Gasteiger partial charge in [0.25, 0.3) is 5.91 Å². The van der Waals surface area contributed by atoms with Gasteiger partial charge in [-0.15, -0.1) is 0 Å². The Kier molecular flexibility index (Phi) is 3.72. The fourth-order valence-corrected chi connectivity index (χ4v) is 2.35. The Morgan fingerprint density at radius 1 is 1.39 bits per heavy atom. The normalized spacial score (nSPS) is 16.8. The molecule has 5 heteroatoms. The molecule has 1 fully saturated rings. The van der Waals surface area contributed by atoms with Crippen molar-refractivity contribution in [2.75, 3.05) is 30.8 Å². The number of rotatable bonds is 3. The summed E-state index contributed by atoms with van der Waals surface area (Å²) < 4.78 is 5.33. The zero-order valence-electron chi connectivity index (χ0n) is 10.6. The number of amides is 1. The van der Waals surface area contributed by atoms with Crippen LogP contribution in [-0.2, 0) is 4.74 Å². The highest BCUT2D eigenvalue weighted by Crippen LogP contribution is 2.27. The quantitative estimate of drug-likeness (QED) is 0.782. The number of hydrogen-bond donors (Lipinski definition) is 2. The van der Waals surface area contributed by atoms with Crippen LogP contribution in [0.5, 0.6) is 0 Å². The summed E-state index contributed by atoms with van der Waals surface area (Å²) in [5, 5.41) is 0. The van der Waals surface area contributed by atoms with Crippen molar-refractivity contribution in [3.63, 3.8) is 0 Å². The van der Waals surface area contributed by atoms with Crippen molar-refractivity contribution in [1.29, 1.82) is 0 Å². The van der Waals surface area contributed by atoms with Gasteiger partial charge in [-0.3, -0.25) is 4.79 Å². The largest absolute Gasteiger partial charge is 0.399 e. The third-order valence-corrected chi connectivity index (χ3v) is 3.40. The summed E-state index contributed by atoms with van der Waals surface area (Å²) in [7, 11) is 1.73. The Morgan fingerprint density at radius 2 is 2.06 bits per heavy atom. The van der Waals surface area contributed by atoms with E-state index in [0.717, 1.165) is 31.6 Å². The summed E-state index contributed by atoms with van der Waals surface area (Å²) in [5.41, 5.74) is 13.2. The van der Waals surface area contributed by atoms with Crippen molar-refractivity contribution in [3.05, 3.63) is 23.8 Å². The van der Waals surface area contributed by atoms with E-state index in [4.69, 9.17) is 16.2 Å². The third kappa shape index (κ3) is 2.56. The number of benzene rings is 1. The van der Waals surface area contributed by atoms with Crippen molar-refractivity contribution in [3.8, 4) is 0 Å². The van der Waals surface area contributed by atoms with Crippen LogP contribution in [0.1, 0.15) is 23.2 Å². The predicted molar refractivity (Wildman–Crippen MR) is 71.6 cm³/mol. The van der Waals surface area contributed by atoms with Gasteiger partial charge in [0.1, 0.15) is 0 Å². The first-order valence-corrected chi connectivity index (χ1v) is 6.09. The molecular formula is C13H19N3O2. The Morgan fingerprint density at radius 3 is 2.61 bits per heavy atom. The molecule has 2 rings (SSSR count). The van der Waals surface area contributed by atoms with Crippen LogP contribution in [0.3, 0.4) is 0 Å². The third-order valence-electron chi connectivity index (χ3n) is 3.40. The molecule has 1 saturated heterocycles. The average molecular weight is 249 g/mol. The fourth-order valence-electron chi connectivity index (χ4n) is 2.35. The molecule has 4 N–H and O–H groups in total. The number of anilines is 2. The minimum atomic E-state index is -0.418. The van der Waals surface area contributed by atoms with Gasteiger partial charge in [0, 0.05) is 25.9 Å². The van der Waals surface area contributed by atoms with E-state index in [0.29, 0.717) is 17.4 Å². The maximum atomic E-state index is 11.4. The summed E-state index contributed by atoms with van der Waals surface area (Å²) >= 11 is 0. The smallest absolute Gasteiger partial charge is 0.250 e. The molecule has 1 aromatic rings. The molecule has 0 aromatic heterocycles. The molecule has 1 heterocycles. The van der Waals surface area contributed by atoms with Crippen LogP contribution < -0.4 is 16.4 Å². The second-order valence-corrected chi connectivity index (χ2v) is 4.56. The first kappa shape index (κ1) is 12.7. The van der Waals surface area contributed by atoms with E-state index in [1.165, 1.54) is 0 Å². The van der Waals surface area contributed by atoms with Crippen LogP contribution >= 0.6 is 0 Å². The number of methoxy groups -OCH3 is 1. The molecule has 98 valence electrons.